The number of aromatic amines is 2. The lowest BCUT2D eigenvalue weighted by molar-refractivity contribution is 0.626. The summed E-state index contributed by atoms with van der Waals surface area (Å²) in [5.74, 6) is -0.338. The highest BCUT2D eigenvalue weighted by Gasteiger charge is 2.06. The van der Waals surface area contributed by atoms with E-state index in [2.05, 4.69) is 10.2 Å². The van der Waals surface area contributed by atoms with Gasteiger partial charge in [-0.1, -0.05) is 0 Å². The summed E-state index contributed by atoms with van der Waals surface area (Å²) in [5.41, 5.74) is 0.856. The molecule has 0 aliphatic carbocycles. The lowest BCUT2D eigenvalue weighted by Crippen LogP contribution is -2.15. The van der Waals surface area contributed by atoms with Gasteiger partial charge in [0, 0.05) is 0 Å². The van der Waals surface area contributed by atoms with Crippen molar-refractivity contribution in [3.8, 4) is 5.69 Å². The van der Waals surface area contributed by atoms with Crippen molar-refractivity contribution in [1.82, 2.24) is 14.8 Å². The van der Waals surface area contributed by atoms with Gasteiger partial charge in [0.15, 0.2) is 0 Å². The fourth-order valence-electron chi connectivity index (χ4n) is 1.40. The highest BCUT2D eigenvalue weighted by atomic mass is 32.1. The van der Waals surface area contributed by atoms with E-state index in [1.807, 2.05) is 0 Å². The minimum Gasteiger partial charge on any atom is -0.272 e. The van der Waals surface area contributed by atoms with Crippen LogP contribution < -0.4 is 5.69 Å². The van der Waals surface area contributed by atoms with Crippen LogP contribution in [0.1, 0.15) is 5.56 Å². The molecule has 1 aromatic heterocycles. The first kappa shape index (κ1) is 9.85. The molecule has 0 saturated heterocycles. The van der Waals surface area contributed by atoms with Gasteiger partial charge in [-0.3, -0.25) is 5.10 Å². The highest BCUT2D eigenvalue weighted by Crippen LogP contribution is 2.13. The Kier molecular flexibility index (Phi) is 2.28. The molecule has 0 aliphatic rings. The van der Waals surface area contributed by atoms with Gasteiger partial charge in [-0.15, -0.1) is 0 Å². The lowest BCUT2D eigenvalue weighted by atomic mass is 10.2. The Bertz CT molecular complexity index is 583. The maximum Gasteiger partial charge on any atom is 0.347 e. The zero-order valence-electron chi connectivity index (χ0n) is 7.87. The third-order valence-corrected chi connectivity index (χ3v) is 2.37. The standard InChI is InChI=1S/C9H8FN3OS/c1-5-4-6(10)2-3-7(5)13-8(14)11-12-9(13)15/h2-4H,1H3,(H,11,14)(H,12,15). The van der Waals surface area contributed by atoms with Gasteiger partial charge >= 0.3 is 5.69 Å². The van der Waals surface area contributed by atoms with Crippen molar-refractivity contribution in [2.75, 3.05) is 0 Å². The van der Waals surface area contributed by atoms with E-state index < -0.39 is 0 Å². The lowest BCUT2D eigenvalue weighted by Gasteiger charge is -2.04. The minimum absolute atomic E-state index is 0.259. The fraction of sp³-hybridized carbons (Fsp3) is 0.111. The van der Waals surface area contributed by atoms with Crippen LogP contribution in [0.5, 0.6) is 0 Å². The Morgan fingerprint density at radius 2 is 2.13 bits per heavy atom. The van der Waals surface area contributed by atoms with E-state index in [-0.39, 0.29) is 16.3 Å². The van der Waals surface area contributed by atoms with Gasteiger partial charge in [-0.05, 0) is 42.9 Å². The molecule has 15 heavy (non-hydrogen) atoms. The molecule has 0 spiro atoms. The summed E-state index contributed by atoms with van der Waals surface area (Å²) >= 11 is 4.93. The Balaban J connectivity index is 2.75. The van der Waals surface area contributed by atoms with Crippen LogP contribution in [-0.4, -0.2) is 14.8 Å². The third kappa shape index (κ3) is 1.63. The normalized spacial score (nSPS) is 10.5. The molecular weight excluding hydrogens is 217 g/mol. The second kappa shape index (κ2) is 3.47. The minimum atomic E-state index is -0.366. The van der Waals surface area contributed by atoms with E-state index in [1.165, 1.54) is 22.8 Å². The molecule has 0 amide bonds. The van der Waals surface area contributed by atoms with Gasteiger partial charge in [0.2, 0.25) is 4.77 Å². The van der Waals surface area contributed by atoms with E-state index in [4.69, 9.17) is 12.2 Å². The number of halogens is 1. The first-order chi connectivity index (χ1) is 7.09. The van der Waals surface area contributed by atoms with Gasteiger partial charge < -0.3 is 0 Å². The molecule has 2 aromatic rings. The Hall–Kier alpha value is -1.69. The van der Waals surface area contributed by atoms with Gasteiger partial charge in [-0.25, -0.2) is 18.9 Å². The van der Waals surface area contributed by atoms with Crippen LogP contribution >= 0.6 is 12.2 Å². The largest absolute Gasteiger partial charge is 0.347 e. The SMILES string of the molecule is Cc1cc(F)ccc1-n1c(=O)[nH][nH]c1=S. The van der Waals surface area contributed by atoms with E-state index in [9.17, 15) is 9.18 Å². The average molecular weight is 225 g/mol. The Morgan fingerprint density at radius 3 is 2.67 bits per heavy atom. The predicted octanol–water partition coefficient (Wildman–Crippen LogP) is 1.67. The van der Waals surface area contributed by atoms with Crippen molar-refractivity contribution in [2.24, 2.45) is 0 Å². The quantitative estimate of drug-likeness (QED) is 0.725. The second-order valence-electron chi connectivity index (χ2n) is 3.13. The van der Waals surface area contributed by atoms with E-state index in [0.717, 1.165) is 0 Å². The van der Waals surface area contributed by atoms with Gasteiger partial charge in [0.25, 0.3) is 0 Å². The topological polar surface area (TPSA) is 53.6 Å². The molecule has 2 rings (SSSR count). The molecule has 0 unspecified atom stereocenters. The molecule has 1 aromatic carbocycles. The van der Waals surface area contributed by atoms with Crippen LogP contribution in [0.25, 0.3) is 5.69 Å². The summed E-state index contributed by atoms with van der Waals surface area (Å²) in [4.78, 5) is 11.4. The molecule has 4 nitrogen and oxygen atoms in total. The number of benzene rings is 1. The van der Waals surface area contributed by atoms with Crippen molar-refractivity contribution in [3.63, 3.8) is 0 Å². The maximum absolute atomic E-state index is 12.9. The first-order valence-electron chi connectivity index (χ1n) is 4.26. The Morgan fingerprint density at radius 1 is 1.40 bits per heavy atom. The van der Waals surface area contributed by atoms with Gasteiger partial charge in [0.05, 0.1) is 5.69 Å². The first-order valence-corrected chi connectivity index (χ1v) is 4.66. The number of rotatable bonds is 1. The molecule has 0 aliphatic heterocycles. The van der Waals surface area contributed by atoms with Crippen LogP contribution in [0.15, 0.2) is 23.0 Å². The summed E-state index contributed by atoms with van der Waals surface area (Å²) in [6, 6.07) is 4.16. The summed E-state index contributed by atoms with van der Waals surface area (Å²) in [6.45, 7) is 1.71. The van der Waals surface area contributed by atoms with Crippen LogP contribution in [0.4, 0.5) is 4.39 Å². The number of hydrogen-bond donors (Lipinski definition) is 2. The van der Waals surface area contributed by atoms with Crippen molar-refractivity contribution in [3.05, 3.63) is 44.8 Å². The highest BCUT2D eigenvalue weighted by molar-refractivity contribution is 7.71. The fourth-order valence-corrected chi connectivity index (χ4v) is 1.63. The van der Waals surface area contributed by atoms with Crippen molar-refractivity contribution in [1.29, 1.82) is 0 Å². The van der Waals surface area contributed by atoms with E-state index in [0.29, 0.717) is 11.3 Å². The van der Waals surface area contributed by atoms with Crippen molar-refractivity contribution in [2.45, 2.75) is 6.92 Å². The predicted molar refractivity (Wildman–Crippen MR) is 56.3 cm³/mol. The molecule has 0 atom stereocenters. The number of H-pyrrole nitrogens is 2. The molecule has 1 heterocycles. The van der Waals surface area contributed by atoms with E-state index >= 15 is 0 Å². The molecular formula is C9H8FN3OS. The molecule has 0 radical (unpaired) electrons. The van der Waals surface area contributed by atoms with Crippen molar-refractivity contribution >= 4 is 12.2 Å². The van der Waals surface area contributed by atoms with Crippen LogP contribution in [0.2, 0.25) is 0 Å². The molecule has 2 N–H and O–H groups in total. The number of nitrogens with one attached hydrogen (secondary N) is 2. The molecule has 6 heteroatoms. The third-order valence-electron chi connectivity index (χ3n) is 2.08. The summed E-state index contributed by atoms with van der Waals surface area (Å²) in [6.07, 6.45) is 0. The molecule has 0 saturated carbocycles. The summed E-state index contributed by atoms with van der Waals surface area (Å²) < 4.78 is 14.4. The van der Waals surface area contributed by atoms with E-state index in [1.54, 1.807) is 6.92 Å². The number of nitrogens with zero attached hydrogens (tertiary/aromatic N) is 1. The van der Waals surface area contributed by atoms with Crippen LogP contribution in [0, 0.1) is 17.5 Å². The summed E-state index contributed by atoms with van der Waals surface area (Å²) in [7, 11) is 0. The van der Waals surface area contributed by atoms with Gasteiger partial charge in [-0.2, -0.15) is 0 Å². The molecule has 78 valence electrons. The second-order valence-corrected chi connectivity index (χ2v) is 3.51. The van der Waals surface area contributed by atoms with Crippen LogP contribution in [-0.2, 0) is 0 Å². The van der Waals surface area contributed by atoms with Crippen molar-refractivity contribution < 1.29 is 4.39 Å². The average Bonchev–Trinajstić information content (AvgIpc) is 2.48. The molecule has 0 fully saturated rings. The number of aromatic nitrogens is 3. The maximum atomic E-state index is 12.9. The molecule has 0 bridgehead atoms. The van der Waals surface area contributed by atoms with Crippen LogP contribution in [0.3, 0.4) is 0 Å². The zero-order chi connectivity index (χ0) is 11.0. The monoisotopic (exact) mass is 225 g/mol. The number of hydrogen-bond acceptors (Lipinski definition) is 2. The number of aryl methyl sites for hydroxylation is 1. The van der Waals surface area contributed by atoms with Gasteiger partial charge in [0.1, 0.15) is 5.82 Å². The Labute approximate surface area is 89.4 Å². The summed E-state index contributed by atoms with van der Waals surface area (Å²) in [5, 5.41) is 4.89. The smallest absolute Gasteiger partial charge is 0.272 e. The zero-order valence-corrected chi connectivity index (χ0v) is 8.69.